The van der Waals surface area contributed by atoms with Crippen LogP contribution in [0.2, 0.25) is 0 Å². The Labute approximate surface area is 66.9 Å². The second kappa shape index (κ2) is 3.44. The van der Waals surface area contributed by atoms with Crippen LogP contribution in [0, 0.1) is 6.92 Å². The summed E-state index contributed by atoms with van der Waals surface area (Å²) in [6.45, 7) is 4.05. The first-order chi connectivity index (χ1) is 5.24. The van der Waals surface area contributed by atoms with E-state index in [1.54, 1.807) is 6.20 Å². The van der Waals surface area contributed by atoms with E-state index in [0.29, 0.717) is 6.04 Å². The Morgan fingerprint density at radius 2 is 2.09 bits per heavy atom. The van der Waals surface area contributed by atoms with E-state index in [2.05, 4.69) is 22.2 Å². The largest absolute Gasteiger partial charge is 0.341 e. The molecule has 1 atom stereocenters. The van der Waals surface area contributed by atoms with Gasteiger partial charge >= 0.3 is 0 Å². The lowest BCUT2D eigenvalue weighted by Crippen LogP contribution is -2.80. The summed E-state index contributed by atoms with van der Waals surface area (Å²) < 4.78 is 0. The summed E-state index contributed by atoms with van der Waals surface area (Å²) in [5.74, 6) is 0. The van der Waals surface area contributed by atoms with Gasteiger partial charge in [-0.05, 0) is 13.8 Å². The van der Waals surface area contributed by atoms with Crippen molar-refractivity contribution in [3.05, 3.63) is 23.8 Å². The number of rotatable bonds is 2. The fraction of sp³-hybridized carbons (Fsp3) is 0.500. The minimum absolute atomic E-state index is 0.406. The van der Waals surface area contributed by atoms with Gasteiger partial charge in [-0.1, -0.05) is 0 Å². The molecule has 3 heteroatoms. The minimum atomic E-state index is 0.406. The lowest BCUT2D eigenvalue weighted by Gasteiger charge is -2.04. The first-order valence-electron chi connectivity index (χ1n) is 3.82. The van der Waals surface area contributed by atoms with Crippen LogP contribution in [0.4, 0.5) is 0 Å². The highest BCUT2D eigenvalue weighted by molar-refractivity contribution is 5.02. The molecule has 1 rings (SSSR count). The lowest BCUT2D eigenvalue weighted by molar-refractivity contribution is -0.667. The van der Waals surface area contributed by atoms with Gasteiger partial charge in [0.05, 0.1) is 18.9 Å². The van der Waals surface area contributed by atoms with Crippen LogP contribution in [0.1, 0.15) is 24.4 Å². The molecule has 0 saturated carbocycles. The monoisotopic (exact) mass is 152 g/mol. The summed E-state index contributed by atoms with van der Waals surface area (Å²) in [5.41, 5.74) is 2.01. The molecule has 60 valence electrons. The zero-order valence-corrected chi connectivity index (χ0v) is 7.20. The Morgan fingerprint density at radius 3 is 2.55 bits per heavy atom. The topological polar surface area (TPSA) is 42.4 Å². The Kier molecular flexibility index (Phi) is 2.54. The van der Waals surface area contributed by atoms with E-state index in [1.807, 2.05) is 20.2 Å². The van der Waals surface area contributed by atoms with Crippen molar-refractivity contribution < 1.29 is 5.32 Å². The molecule has 0 bridgehead atoms. The van der Waals surface area contributed by atoms with Crippen molar-refractivity contribution in [1.29, 1.82) is 0 Å². The molecule has 1 heterocycles. The highest BCUT2D eigenvalue weighted by atomic mass is 14.9. The average molecular weight is 152 g/mol. The average Bonchev–Trinajstić information content (AvgIpc) is 2.05. The van der Waals surface area contributed by atoms with E-state index in [0.717, 1.165) is 11.4 Å². The number of hydrogen-bond acceptors (Lipinski definition) is 2. The van der Waals surface area contributed by atoms with Gasteiger partial charge in [0.15, 0.2) is 0 Å². The van der Waals surface area contributed by atoms with Crippen molar-refractivity contribution >= 4 is 0 Å². The molecule has 0 amide bonds. The van der Waals surface area contributed by atoms with Crippen molar-refractivity contribution in [3.8, 4) is 0 Å². The maximum Gasteiger partial charge on any atom is 0.127 e. The predicted octanol–water partition coefficient (Wildman–Crippen LogP) is 0.0392. The molecule has 0 aliphatic carbocycles. The second-order valence-electron chi connectivity index (χ2n) is 2.70. The Hall–Kier alpha value is -0.960. The quantitative estimate of drug-likeness (QED) is 0.650. The van der Waals surface area contributed by atoms with Gasteiger partial charge < -0.3 is 5.32 Å². The third-order valence-electron chi connectivity index (χ3n) is 1.77. The molecule has 0 fully saturated rings. The third-order valence-corrected chi connectivity index (χ3v) is 1.77. The zero-order valence-electron chi connectivity index (χ0n) is 7.20. The van der Waals surface area contributed by atoms with E-state index in [1.165, 1.54) is 0 Å². The van der Waals surface area contributed by atoms with Crippen LogP contribution in [-0.4, -0.2) is 17.0 Å². The van der Waals surface area contributed by atoms with Gasteiger partial charge in [0.2, 0.25) is 0 Å². The van der Waals surface area contributed by atoms with E-state index in [4.69, 9.17) is 0 Å². The molecule has 0 aliphatic heterocycles. The van der Waals surface area contributed by atoms with E-state index in [9.17, 15) is 0 Å². The summed E-state index contributed by atoms with van der Waals surface area (Å²) in [4.78, 5) is 8.42. The van der Waals surface area contributed by atoms with Gasteiger partial charge in [-0.25, -0.2) is 0 Å². The van der Waals surface area contributed by atoms with Crippen molar-refractivity contribution in [2.24, 2.45) is 0 Å². The van der Waals surface area contributed by atoms with Crippen LogP contribution in [0.25, 0.3) is 0 Å². The molecule has 0 saturated heterocycles. The van der Waals surface area contributed by atoms with E-state index >= 15 is 0 Å². The molecule has 0 spiro atoms. The lowest BCUT2D eigenvalue weighted by atomic mass is 10.2. The minimum Gasteiger partial charge on any atom is -0.341 e. The van der Waals surface area contributed by atoms with Crippen LogP contribution in [0.15, 0.2) is 12.4 Å². The molecule has 3 nitrogen and oxygen atoms in total. The molecule has 2 N–H and O–H groups in total. The Balaban J connectivity index is 2.81. The first kappa shape index (κ1) is 8.14. The highest BCUT2D eigenvalue weighted by Gasteiger charge is 2.05. The van der Waals surface area contributed by atoms with Crippen LogP contribution in [-0.2, 0) is 0 Å². The maximum atomic E-state index is 4.26. The summed E-state index contributed by atoms with van der Waals surface area (Å²) in [6.07, 6.45) is 3.63. The number of hydrogen-bond donors (Lipinski definition) is 1. The Bertz CT molecular complexity index is 217. The summed E-state index contributed by atoms with van der Waals surface area (Å²) in [5, 5.41) is 2.11. The zero-order chi connectivity index (χ0) is 8.27. The van der Waals surface area contributed by atoms with Crippen molar-refractivity contribution in [3.63, 3.8) is 0 Å². The Morgan fingerprint density at radius 1 is 1.36 bits per heavy atom. The van der Waals surface area contributed by atoms with Gasteiger partial charge in [0.25, 0.3) is 0 Å². The van der Waals surface area contributed by atoms with Gasteiger partial charge in [-0.2, -0.15) is 0 Å². The fourth-order valence-corrected chi connectivity index (χ4v) is 0.808. The van der Waals surface area contributed by atoms with Crippen LogP contribution < -0.4 is 5.32 Å². The molecular weight excluding hydrogens is 138 g/mol. The normalized spacial score (nSPS) is 13.0. The molecule has 1 aromatic rings. The standard InChI is InChI=1S/C8H13N3/c1-6-4-11-8(5-10-6)7(2)9-3/h4-5,7,9H,1-3H3/p+1. The molecule has 0 aliphatic rings. The van der Waals surface area contributed by atoms with Crippen LogP contribution in [0.5, 0.6) is 0 Å². The molecule has 0 radical (unpaired) electrons. The highest BCUT2D eigenvalue weighted by Crippen LogP contribution is 2.01. The van der Waals surface area contributed by atoms with Gasteiger partial charge in [-0.15, -0.1) is 0 Å². The molecule has 1 unspecified atom stereocenters. The molecule has 0 aromatic carbocycles. The summed E-state index contributed by atoms with van der Waals surface area (Å²) in [6, 6.07) is 0.406. The number of aromatic nitrogens is 2. The number of aryl methyl sites for hydroxylation is 1. The van der Waals surface area contributed by atoms with Crippen LogP contribution in [0.3, 0.4) is 0 Å². The predicted molar refractivity (Wildman–Crippen MR) is 43.0 cm³/mol. The number of nitrogens with zero attached hydrogens (tertiary/aromatic N) is 2. The van der Waals surface area contributed by atoms with E-state index in [-0.39, 0.29) is 0 Å². The smallest absolute Gasteiger partial charge is 0.127 e. The number of quaternary nitrogens is 1. The third kappa shape index (κ3) is 1.98. The summed E-state index contributed by atoms with van der Waals surface area (Å²) >= 11 is 0. The fourth-order valence-electron chi connectivity index (χ4n) is 0.808. The first-order valence-corrected chi connectivity index (χ1v) is 3.82. The summed E-state index contributed by atoms with van der Waals surface area (Å²) in [7, 11) is 2.03. The van der Waals surface area contributed by atoms with Crippen molar-refractivity contribution in [2.45, 2.75) is 19.9 Å². The van der Waals surface area contributed by atoms with Crippen molar-refractivity contribution in [2.75, 3.05) is 7.05 Å². The SMILES string of the molecule is C[NH2+]C(C)c1cnc(C)cn1. The van der Waals surface area contributed by atoms with Gasteiger partial charge in [0, 0.05) is 6.20 Å². The molecule has 1 aromatic heterocycles. The van der Waals surface area contributed by atoms with E-state index < -0.39 is 0 Å². The second-order valence-corrected chi connectivity index (χ2v) is 2.70. The van der Waals surface area contributed by atoms with Crippen molar-refractivity contribution in [1.82, 2.24) is 9.97 Å². The van der Waals surface area contributed by atoms with Crippen LogP contribution >= 0.6 is 0 Å². The number of nitrogens with two attached hydrogens (primary N) is 1. The van der Waals surface area contributed by atoms with Gasteiger partial charge in [0.1, 0.15) is 11.7 Å². The maximum absolute atomic E-state index is 4.26. The molecule has 11 heavy (non-hydrogen) atoms. The van der Waals surface area contributed by atoms with Gasteiger partial charge in [-0.3, -0.25) is 9.97 Å². The molecular formula is C8H14N3+.